The number of aliphatic hydroxyl groups is 1. The molecule has 2 unspecified atom stereocenters. The number of Topliss-reactive ketones (excluding diaryl/α,β-unsaturated/α-hetero) is 1. The van der Waals surface area contributed by atoms with Crippen molar-refractivity contribution in [2.24, 2.45) is 0 Å². The predicted molar refractivity (Wildman–Crippen MR) is 203 cm³/mol. The van der Waals surface area contributed by atoms with Crippen LogP contribution in [0.25, 0.3) is 0 Å². The van der Waals surface area contributed by atoms with Crippen molar-refractivity contribution < 1.29 is 52.0 Å². The van der Waals surface area contributed by atoms with E-state index in [1.807, 2.05) is 21.1 Å². The number of phosphoric ester groups is 1. The summed E-state index contributed by atoms with van der Waals surface area (Å²) in [7, 11) is 1.05. The van der Waals surface area contributed by atoms with Crippen LogP contribution < -0.4 is 0 Å². The zero-order chi connectivity index (χ0) is 38.2. The molecule has 51 heavy (non-hydrogen) atoms. The molecule has 0 saturated carbocycles. The molecule has 0 saturated heterocycles. The second kappa shape index (κ2) is 31.9. The van der Waals surface area contributed by atoms with Gasteiger partial charge < -0.3 is 24.0 Å². The van der Waals surface area contributed by atoms with Gasteiger partial charge in [-0.2, -0.15) is 0 Å². The fourth-order valence-corrected chi connectivity index (χ4v) is 6.57. The van der Waals surface area contributed by atoms with Gasteiger partial charge in [-0.1, -0.05) is 135 Å². The van der Waals surface area contributed by atoms with E-state index in [9.17, 15) is 28.9 Å². The number of aliphatic hydroxyl groups excluding tert-OH is 1. The zero-order valence-electron chi connectivity index (χ0n) is 32.8. The molecular weight excluding hydrogens is 673 g/mol. The normalized spacial score (nSPS) is 14.1. The highest BCUT2D eigenvalue weighted by atomic mass is 31.2. The molecule has 0 aromatic heterocycles. The van der Waals surface area contributed by atoms with Crippen LogP contribution in [0.4, 0.5) is 0 Å². The maximum atomic E-state index is 13.3. The summed E-state index contributed by atoms with van der Waals surface area (Å²) in [6, 6.07) is 0. The van der Waals surface area contributed by atoms with E-state index < -0.39 is 38.4 Å². The van der Waals surface area contributed by atoms with E-state index in [4.69, 9.17) is 18.5 Å². The Balaban J connectivity index is 4.67. The van der Waals surface area contributed by atoms with Gasteiger partial charge in [0.15, 0.2) is 18.0 Å². The van der Waals surface area contributed by atoms with Gasteiger partial charge in [0, 0.05) is 18.9 Å². The van der Waals surface area contributed by atoms with E-state index in [0.717, 1.165) is 70.6 Å². The molecule has 0 heterocycles. The Labute approximate surface area is 310 Å². The summed E-state index contributed by atoms with van der Waals surface area (Å²) in [4.78, 5) is 47.5. The van der Waals surface area contributed by atoms with Crippen molar-refractivity contribution >= 4 is 25.5 Å². The van der Waals surface area contributed by atoms with Gasteiger partial charge in [-0.25, -0.2) is 9.36 Å². The van der Waals surface area contributed by atoms with Crippen LogP contribution >= 0.6 is 7.82 Å². The maximum absolute atomic E-state index is 13.3. The van der Waals surface area contributed by atoms with E-state index in [2.05, 4.69) is 13.5 Å². The summed E-state index contributed by atoms with van der Waals surface area (Å²) in [6.45, 7) is 5.65. The van der Waals surface area contributed by atoms with Gasteiger partial charge in [0.05, 0.1) is 34.4 Å². The van der Waals surface area contributed by atoms with Crippen molar-refractivity contribution in [3.63, 3.8) is 0 Å². The van der Waals surface area contributed by atoms with E-state index in [1.54, 1.807) is 0 Å². The van der Waals surface area contributed by atoms with Crippen LogP contribution in [0, 0.1) is 0 Å². The quantitative estimate of drug-likeness (QED) is 0.0208. The highest BCUT2D eigenvalue weighted by molar-refractivity contribution is 7.47. The molecule has 3 atom stereocenters. The summed E-state index contributed by atoms with van der Waals surface area (Å²) < 4.78 is 34.2. The molecule has 0 radical (unpaired) electrons. The monoisotopic (exact) mass is 749 g/mol. The first-order valence-corrected chi connectivity index (χ1v) is 21.4. The molecule has 2 N–H and O–H groups in total. The van der Waals surface area contributed by atoms with Crippen molar-refractivity contribution in [3.8, 4) is 0 Å². The predicted octanol–water partition coefficient (Wildman–Crippen LogP) is 8.78. The molecule has 0 rings (SSSR count). The van der Waals surface area contributed by atoms with Gasteiger partial charge in [0.2, 0.25) is 0 Å². The van der Waals surface area contributed by atoms with Crippen molar-refractivity contribution in [1.82, 2.24) is 0 Å². The molecule has 0 spiro atoms. The molecule has 11 nitrogen and oxygen atoms in total. The second-order valence-corrected chi connectivity index (χ2v) is 16.2. The van der Waals surface area contributed by atoms with Gasteiger partial charge in [-0.15, -0.1) is 0 Å². The van der Waals surface area contributed by atoms with Crippen LogP contribution in [0.1, 0.15) is 161 Å². The molecular formula is C39H75NO10P+. The minimum absolute atomic E-state index is 0.0755. The number of phosphoric acid groups is 1. The van der Waals surface area contributed by atoms with E-state index >= 15 is 0 Å². The third-order valence-electron chi connectivity index (χ3n) is 8.84. The van der Waals surface area contributed by atoms with Gasteiger partial charge in [-0.3, -0.25) is 18.6 Å². The number of unbranched alkanes of at least 4 members (excludes halogenated alkanes) is 20. The van der Waals surface area contributed by atoms with Gasteiger partial charge >= 0.3 is 19.8 Å². The molecule has 0 aliphatic heterocycles. The van der Waals surface area contributed by atoms with Gasteiger partial charge in [0.25, 0.3) is 0 Å². The molecule has 0 bridgehead atoms. The lowest BCUT2D eigenvalue weighted by Gasteiger charge is -2.27. The Bertz CT molecular complexity index is 955. The van der Waals surface area contributed by atoms with Crippen LogP contribution in [-0.4, -0.2) is 91.9 Å². The van der Waals surface area contributed by atoms with Crippen LogP contribution in [0.15, 0.2) is 12.7 Å². The first kappa shape index (κ1) is 49.4. The van der Waals surface area contributed by atoms with Crippen LogP contribution in [0.3, 0.4) is 0 Å². The lowest BCUT2D eigenvalue weighted by molar-refractivity contribution is -0.870. The van der Waals surface area contributed by atoms with Gasteiger partial charge in [-0.05, 0) is 19.3 Å². The Hall–Kier alpha value is -1.62. The number of nitrogens with zero attached hydrogens (tertiary/aromatic N) is 1. The molecule has 0 aliphatic rings. The van der Waals surface area contributed by atoms with Crippen LogP contribution in [-0.2, 0) is 37.5 Å². The number of quaternary nitrogens is 1. The van der Waals surface area contributed by atoms with Crippen molar-refractivity contribution in [1.29, 1.82) is 0 Å². The minimum atomic E-state index is -4.68. The fourth-order valence-electron chi connectivity index (χ4n) is 5.66. The molecule has 300 valence electrons. The van der Waals surface area contributed by atoms with Crippen molar-refractivity contribution in [3.05, 3.63) is 12.7 Å². The molecule has 0 fully saturated rings. The summed E-state index contributed by atoms with van der Waals surface area (Å²) >= 11 is 0. The minimum Gasteiger partial charge on any atom is -0.463 e. The lowest BCUT2D eigenvalue weighted by Crippen LogP contribution is -2.42. The largest absolute Gasteiger partial charge is 0.473 e. The fraction of sp³-hybridized carbons (Fsp3) is 0.872. The molecule has 0 aromatic carbocycles. The average molecular weight is 749 g/mol. The first-order chi connectivity index (χ1) is 24.3. The Morgan fingerprint density at radius 2 is 1.16 bits per heavy atom. The number of hydrogen-bond acceptors (Lipinski definition) is 9. The summed E-state index contributed by atoms with van der Waals surface area (Å²) in [5.41, 5.74) is 0. The lowest BCUT2D eigenvalue weighted by atomic mass is 10.0. The zero-order valence-corrected chi connectivity index (χ0v) is 33.7. The Morgan fingerprint density at radius 3 is 1.61 bits per heavy atom. The average Bonchev–Trinajstić information content (AvgIpc) is 3.07. The SMILES string of the molecule is C=CC(=O)OCCCCCCCCCCCC(=O)O[C@@H](CO)C(OP(=O)(O)OCC[N+](C)(C)C)C(=O)CCCCCCCCCCCCCCC. The summed E-state index contributed by atoms with van der Waals surface area (Å²) in [5, 5.41) is 10.1. The maximum Gasteiger partial charge on any atom is 0.473 e. The second-order valence-electron chi connectivity index (χ2n) is 14.8. The number of esters is 2. The number of ether oxygens (including phenoxy) is 2. The highest BCUT2D eigenvalue weighted by Crippen LogP contribution is 2.45. The van der Waals surface area contributed by atoms with E-state index in [1.165, 1.54) is 63.9 Å². The summed E-state index contributed by atoms with van der Waals surface area (Å²) in [5.74, 6) is -1.47. The molecule has 0 aliphatic carbocycles. The third-order valence-corrected chi connectivity index (χ3v) is 9.85. The third kappa shape index (κ3) is 31.6. The van der Waals surface area contributed by atoms with E-state index in [0.29, 0.717) is 30.5 Å². The molecule has 0 aromatic rings. The number of hydrogen-bond donors (Lipinski definition) is 2. The van der Waals surface area contributed by atoms with Crippen LogP contribution in [0.2, 0.25) is 0 Å². The number of likely N-dealkylation sites (N-methyl/N-ethyl adjacent to an activating group) is 1. The van der Waals surface area contributed by atoms with Crippen molar-refractivity contribution in [2.45, 2.75) is 173 Å². The van der Waals surface area contributed by atoms with E-state index in [-0.39, 0.29) is 25.4 Å². The van der Waals surface area contributed by atoms with Crippen molar-refractivity contribution in [2.75, 3.05) is 47.5 Å². The highest BCUT2D eigenvalue weighted by Gasteiger charge is 2.38. The molecule has 12 heteroatoms. The van der Waals surface area contributed by atoms with Crippen LogP contribution in [0.5, 0.6) is 0 Å². The Kier molecular flexibility index (Phi) is 30.9. The smallest absolute Gasteiger partial charge is 0.463 e. The number of carbonyl (C=O) groups is 3. The number of rotatable bonds is 37. The summed E-state index contributed by atoms with van der Waals surface area (Å²) in [6.07, 6.45) is 21.9. The van der Waals surface area contributed by atoms with Gasteiger partial charge in [0.1, 0.15) is 13.2 Å². The number of carbonyl (C=O) groups excluding carboxylic acids is 3. The Morgan fingerprint density at radius 1 is 0.706 bits per heavy atom. The number of ketones is 1. The molecule has 0 amide bonds. The standard InChI is InChI=1S/C39H74NO10P/c1-6-8-9-10-11-12-13-14-15-17-20-23-26-29-35(42)39(50-51(45,46)48-33-31-40(3,4)5)36(34-41)49-38(44)30-27-24-21-18-16-19-22-25-28-32-47-37(43)7-2/h7,36,39,41H,2,6,8-34H2,1,3-5H3/p+1/t36-,39?/m0/s1. The first-order valence-electron chi connectivity index (χ1n) is 19.9. The topological polar surface area (TPSA) is 146 Å².